The molecule has 2 heterocycles. The third-order valence-corrected chi connectivity index (χ3v) is 13.7. The molecule has 2 aromatic carbocycles. The Morgan fingerprint density at radius 2 is 1.00 bits per heavy atom. The topological polar surface area (TPSA) is 26.2 Å². The first-order valence-corrected chi connectivity index (χ1v) is 21.4. The molecule has 0 bridgehead atoms. The molecule has 0 saturated carbocycles. The SMILES string of the molecule is COCCc1ccc(C(C)(C)C)cc1-c1cc2c(c[n+]1-c1ccc(C(C)(C)C)cc1-c1cc3c(c[n+]1CCOC)C(C)(C)CCC3(C)C)C(C)(C)CCC2(C)C. The van der Waals surface area contributed by atoms with Crippen LogP contribution < -0.4 is 9.13 Å². The predicted molar refractivity (Wildman–Crippen MR) is 234 cm³/mol. The van der Waals surface area contributed by atoms with Gasteiger partial charge in [0, 0.05) is 43.5 Å². The van der Waals surface area contributed by atoms with E-state index in [4.69, 9.17) is 9.47 Å². The molecule has 0 spiro atoms. The second kappa shape index (κ2) is 14.8. The van der Waals surface area contributed by atoms with Crippen molar-refractivity contribution in [2.75, 3.05) is 27.4 Å². The van der Waals surface area contributed by atoms with Gasteiger partial charge in [-0.05, 0) is 105 Å². The molecule has 4 heteroatoms. The van der Waals surface area contributed by atoms with Crippen LogP contribution in [0.4, 0.5) is 0 Å². The summed E-state index contributed by atoms with van der Waals surface area (Å²) in [5.41, 5.74) is 16.4. The number of rotatable bonds is 9. The number of hydrogen-bond donors (Lipinski definition) is 0. The average Bonchev–Trinajstić information content (AvgIpc) is 3.12. The predicted octanol–water partition coefficient (Wildman–Crippen LogP) is 11.7. The van der Waals surface area contributed by atoms with E-state index in [0.29, 0.717) is 13.2 Å². The smallest absolute Gasteiger partial charge is 0.225 e. The van der Waals surface area contributed by atoms with E-state index in [2.05, 4.69) is 167 Å². The molecule has 56 heavy (non-hydrogen) atoms. The molecule has 4 nitrogen and oxygen atoms in total. The molecule has 2 aliphatic carbocycles. The van der Waals surface area contributed by atoms with Crippen LogP contribution in [0.25, 0.3) is 28.2 Å². The standard InChI is InChI=1S/C52H74N2O2/c1-47(2,3)36-18-17-35(21-27-55-15)38(29-36)46-32-41-43(52(13,14)25-23-50(41,9)10)34-54(46)44-20-19-37(48(4,5)6)30-39(44)45-31-40-42(33-53(45)26-28-56-16)51(11,12)24-22-49(40,7)8/h17-20,29-34H,21-28H2,1-16H3/q+2. The molecule has 0 amide bonds. The molecule has 0 unspecified atom stereocenters. The normalized spacial score (nSPS) is 18.4. The molecule has 302 valence electrons. The van der Waals surface area contributed by atoms with E-state index >= 15 is 0 Å². The summed E-state index contributed by atoms with van der Waals surface area (Å²) in [5, 5.41) is 0. The van der Waals surface area contributed by atoms with Crippen LogP contribution in [0.5, 0.6) is 0 Å². The Labute approximate surface area is 341 Å². The third-order valence-electron chi connectivity index (χ3n) is 13.7. The van der Waals surface area contributed by atoms with Gasteiger partial charge in [-0.3, -0.25) is 0 Å². The van der Waals surface area contributed by atoms with Gasteiger partial charge in [-0.25, -0.2) is 0 Å². The van der Waals surface area contributed by atoms with Crippen molar-refractivity contribution >= 4 is 0 Å². The van der Waals surface area contributed by atoms with Crippen molar-refractivity contribution in [2.45, 2.75) is 168 Å². The van der Waals surface area contributed by atoms with E-state index in [0.717, 1.165) is 19.4 Å². The highest BCUT2D eigenvalue weighted by atomic mass is 16.5. The first-order valence-electron chi connectivity index (χ1n) is 21.4. The van der Waals surface area contributed by atoms with E-state index in [1.807, 2.05) is 14.2 Å². The van der Waals surface area contributed by atoms with Crippen LogP contribution in [-0.4, -0.2) is 27.4 Å². The van der Waals surface area contributed by atoms with Gasteiger partial charge in [-0.15, -0.1) is 0 Å². The van der Waals surface area contributed by atoms with E-state index < -0.39 is 0 Å². The molecule has 6 rings (SSSR count). The number of ether oxygens (including phenoxy) is 2. The van der Waals surface area contributed by atoms with Crippen LogP contribution >= 0.6 is 0 Å². The van der Waals surface area contributed by atoms with Crippen molar-refractivity contribution in [1.82, 2.24) is 0 Å². The number of aromatic nitrogens is 2. The fraction of sp³-hybridized carbons (Fsp3) is 0.577. The van der Waals surface area contributed by atoms with Crippen molar-refractivity contribution in [3.05, 3.63) is 99.9 Å². The second-order valence-electron chi connectivity index (χ2n) is 21.9. The zero-order chi connectivity index (χ0) is 41.2. The van der Waals surface area contributed by atoms with Gasteiger partial charge < -0.3 is 9.47 Å². The molecule has 0 N–H and O–H groups in total. The maximum Gasteiger partial charge on any atom is 0.225 e. The molecular weight excluding hydrogens is 685 g/mol. The monoisotopic (exact) mass is 759 g/mol. The molecule has 0 fully saturated rings. The highest BCUT2D eigenvalue weighted by Gasteiger charge is 2.43. The molecular formula is C52H74N2O2+2. The Bertz CT molecular complexity index is 2100. The van der Waals surface area contributed by atoms with E-state index in [9.17, 15) is 0 Å². The molecule has 2 aliphatic rings. The quantitative estimate of drug-likeness (QED) is 0.159. The summed E-state index contributed by atoms with van der Waals surface area (Å²) in [7, 11) is 3.64. The van der Waals surface area contributed by atoms with Crippen molar-refractivity contribution in [3.8, 4) is 28.2 Å². The average molecular weight is 759 g/mol. The summed E-state index contributed by atoms with van der Waals surface area (Å²) in [6.07, 6.45) is 10.6. The van der Waals surface area contributed by atoms with Gasteiger partial charge in [0.25, 0.3) is 0 Å². The Balaban J connectivity index is 1.79. The van der Waals surface area contributed by atoms with Crippen LogP contribution in [0.1, 0.15) is 162 Å². The summed E-state index contributed by atoms with van der Waals surface area (Å²) in [6.45, 7) is 35.7. The van der Waals surface area contributed by atoms with Gasteiger partial charge in [0.15, 0.2) is 18.9 Å². The van der Waals surface area contributed by atoms with Crippen molar-refractivity contribution in [3.63, 3.8) is 0 Å². The maximum atomic E-state index is 5.80. The lowest BCUT2D eigenvalue weighted by Gasteiger charge is -2.41. The summed E-state index contributed by atoms with van der Waals surface area (Å²) >= 11 is 0. The van der Waals surface area contributed by atoms with Crippen LogP contribution in [-0.2, 0) is 54.9 Å². The molecule has 0 aliphatic heterocycles. The number of fused-ring (bicyclic) bond motifs is 2. The van der Waals surface area contributed by atoms with E-state index in [-0.39, 0.29) is 32.5 Å². The van der Waals surface area contributed by atoms with Gasteiger partial charge in [0.2, 0.25) is 17.1 Å². The number of methoxy groups -OCH3 is 2. The van der Waals surface area contributed by atoms with E-state index in [1.165, 1.54) is 86.4 Å². The van der Waals surface area contributed by atoms with Gasteiger partial charge >= 0.3 is 0 Å². The first kappa shape index (κ1) is 42.3. The number of nitrogens with zero attached hydrogens (tertiary/aromatic N) is 2. The number of pyridine rings is 2. The Hall–Kier alpha value is -3.34. The van der Waals surface area contributed by atoms with Crippen molar-refractivity contribution < 1.29 is 18.6 Å². The first-order chi connectivity index (χ1) is 25.9. The molecule has 2 aromatic heterocycles. The lowest BCUT2D eigenvalue weighted by molar-refractivity contribution is -0.688. The Morgan fingerprint density at radius 3 is 1.52 bits per heavy atom. The van der Waals surface area contributed by atoms with Crippen LogP contribution in [0.2, 0.25) is 0 Å². The molecule has 4 aromatic rings. The van der Waals surface area contributed by atoms with Crippen LogP contribution in [0.15, 0.2) is 60.9 Å². The lowest BCUT2D eigenvalue weighted by atomic mass is 9.63. The zero-order valence-electron chi connectivity index (χ0n) is 38.1. The number of benzene rings is 2. The highest BCUT2D eigenvalue weighted by Crippen LogP contribution is 2.48. The molecule has 0 saturated heterocycles. The Kier molecular flexibility index (Phi) is 11.2. The van der Waals surface area contributed by atoms with Gasteiger partial charge in [-0.2, -0.15) is 9.13 Å². The fourth-order valence-electron chi connectivity index (χ4n) is 9.27. The van der Waals surface area contributed by atoms with Crippen molar-refractivity contribution in [2.24, 2.45) is 0 Å². The van der Waals surface area contributed by atoms with E-state index in [1.54, 1.807) is 0 Å². The minimum Gasteiger partial charge on any atom is -0.384 e. The highest BCUT2D eigenvalue weighted by molar-refractivity contribution is 5.71. The minimum absolute atomic E-state index is 0.00491. The fourth-order valence-corrected chi connectivity index (χ4v) is 9.27. The third kappa shape index (κ3) is 8.04. The second-order valence-corrected chi connectivity index (χ2v) is 21.9. The largest absolute Gasteiger partial charge is 0.384 e. The minimum atomic E-state index is -0.0240. The van der Waals surface area contributed by atoms with Gasteiger partial charge in [0.1, 0.15) is 12.2 Å². The van der Waals surface area contributed by atoms with Gasteiger partial charge in [0.05, 0.1) is 12.2 Å². The summed E-state index contributed by atoms with van der Waals surface area (Å²) in [5.74, 6) is 0. The zero-order valence-corrected chi connectivity index (χ0v) is 38.1. The summed E-state index contributed by atoms with van der Waals surface area (Å²) in [6, 6.07) is 19.6. The molecule has 0 atom stereocenters. The number of hydrogen-bond acceptors (Lipinski definition) is 2. The van der Waals surface area contributed by atoms with Crippen LogP contribution in [0, 0.1) is 0 Å². The Morgan fingerprint density at radius 1 is 0.536 bits per heavy atom. The van der Waals surface area contributed by atoms with Crippen LogP contribution in [0.3, 0.4) is 0 Å². The lowest BCUT2D eigenvalue weighted by Crippen LogP contribution is -2.45. The van der Waals surface area contributed by atoms with Crippen molar-refractivity contribution in [1.29, 1.82) is 0 Å². The maximum absolute atomic E-state index is 5.80. The van der Waals surface area contributed by atoms with Gasteiger partial charge in [-0.1, -0.05) is 115 Å². The summed E-state index contributed by atoms with van der Waals surface area (Å²) in [4.78, 5) is 0. The summed E-state index contributed by atoms with van der Waals surface area (Å²) < 4.78 is 16.6. The molecule has 0 radical (unpaired) electrons.